The van der Waals surface area contributed by atoms with E-state index in [9.17, 15) is 13.5 Å². The summed E-state index contributed by atoms with van der Waals surface area (Å²) in [5.74, 6) is 0. The third-order valence-corrected chi connectivity index (χ3v) is 3.09. The second-order valence-electron chi connectivity index (χ2n) is 3.11. The van der Waals surface area contributed by atoms with Crippen LogP contribution in [0.1, 0.15) is 19.3 Å². The molecule has 5 heteroatoms. The van der Waals surface area contributed by atoms with Gasteiger partial charge in [0.1, 0.15) is 0 Å². The Kier molecular flexibility index (Phi) is 2.55. The second-order valence-corrected chi connectivity index (χ2v) is 4.82. The highest BCUT2D eigenvalue weighted by Gasteiger charge is 2.34. The van der Waals surface area contributed by atoms with E-state index in [1.807, 2.05) is 0 Å². The summed E-state index contributed by atoms with van der Waals surface area (Å²) in [5.41, 5.74) is -0.809. The molecule has 0 saturated heterocycles. The fourth-order valence-corrected chi connectivity index (χ4v) is 1.64. The smallest absolute Gasteiger partial charge is 0.233 e. The molecule has 0 unspecified atom stereocenters. The first-order chi connectivity index (χ1) is 5.47. The van der Waals surface area contributed by atoms with Crippen LogP contribution in [0.5, 0.6) is 0 Å². The van der Waals surface area contributed by atoms with Crippen molar-refractivity contribution in [2.75, 3.05) is 6.54 Å². The van der Waals surface area contributed by atoms with Crippen molar-refractivity contribution in [3.63, 3.8) is 0 Å². The Morgan fingerprint density at radius 3 is 2.50 bits per heavy atom. The number of hydrogen-bond acceptors (Lipinski definition) is 3. The molecule has 12 heavy (non-hydrogen) atoms. The van der Waals surface area contributed by atoms with Crippen LogP contribution in [-0.4, -0.2) is 25.7 Å². The van der Waals surface area contributed by atoms with Gasteiger partial charge in [0, 0.05) is 12.0 Å². The van der Waals surface area contributed by atoms with Gasteiger partial charge in [0.2, 0.25) is 10.0 Å². The van der Waals surface area contributed by atoms with Crippen LogP contribution in [0.4, 0.5) is 0 Å². The SMILES string of the molecule is C=CS(=O)(=O)NCC1(O)CCC1. The van der Waals surface area contributed by atoms with Crippen LogP contribution in [0.25, 0.3) is 0 Å². The van der Waals surface area contributed by atoms with Crippen LogP contribution in [0.15, 0.2) is 12.0 Å². The van der Waals surface area contributed by atoms with Crippen molar-refractivity contribution in [3.8, 4) is 0 Å². The predicted molar refractivity (Wildman–Crippen MR) is 45.9 cm³/mol. The molecule has 0 aromatic carbocycles. The van der Waals surface area contributed by atoms with E-state index >= 15 is 0 Å². The minimum Gasteiger partial charge on any atom is -0.389 e. The lowest BCUT2D eigenvalue weighted by atomic mass is 9.81. The summed E-state index contributed by atoms with van der Waals surface area (Å²) in [6.45, 7) is 3.24. The molecule has 1 aliphatic rings. The summed E-state index contributed by atoms with van der Waals surface area (Å²) in [4.78, 5) is 0. The number of aliphatic hydroxyl groups is 1. The first kappa shape index (κ1) is 9.70. The van der Waals surface area contributed by atoms with Gasteiger partial charge in [0.05, 0.1) is 5.60 Å². The average molecular weight is 191 g/mol. The van der Waals surface area contributed by atoms with E-state index < -0.39 is 15.6 Å². The van der Waals surface area contributed by atoms with Crippen molar-refractivity contribution in [2.45, 2.75) is 24.9 Å². The van der Waals surface area contributed by atoms with Gasteiger partial charge in [0.15, 0.2) is 0 Å². The Hall–Kier alpha value is -0.390. The average Bonchev–Trinajstić information content (AvgIpc) is 1.98. The first-order valence-electron chi connectivity index (χ1n) is 3.82. The summed E-state index contributed by atoms with van der Waals surface area (Å²) < 4.78 is 23.9. The fourth-order valence-electron chi connectivity index (χ4n) is 1.06. The van der Waals surface area contributed by atoms with Crippen LogP contribution >= 0.6 is 0 Å². The molecule has 0 aromatic heterocycles. The molecule has 2 N–H and O–H groups in total. The molecule has 0 heterocycles. The zero-order valence-corrected chi connectivity index (χ0v) is 7.60. The van der Waals surface area contributed by atoms with E-state index in [4.69, 9.17) is 0 Å². The molecule has 0 amide bonds. The van der Waals surface area contributed by atoms with Gasteiger partial charge < -0.3 is 5.11 Å². The van der Waals surface area contributed by atoms with Crippen LogP contribution < -0.4 is 4.72 Å². The lowest BCUT2D eigenvalue weighted by Gasteiger charge is -2.36. The molecule has 0 spiro atoms. The fraction of sp³-hybridized carbons (Fsp3) is 0.714. The van der Waals surface area contributed by atoms with Crippen LogP contribution in [0.3, 0.4) is 0 Å². The molecule has 0 bridgehead atoms. The van der Waals surface area contributed by atoms with E-state index in [0.717, 1.165) is 11.8 Å². The van der Waals surface area contributed by atoms with E-state index in [2.05, 4.69) is 11.3 Å². The molecule has 70 valence electrons. The van der Waals surface area contributed by atoms with Gasteiger partial charge in [-0.05, 0) is 19.3 Å². The quantitative estimate of drug-likeness (QED) is 0.655. The zero-order chi connectivity index (χ0) is 9.24. The minimum absolute atomic E-state index is 0.0986. The summed E-state index contributed by atoms with van der Waals surface area (Å²) >= 11 is 0. The van der Waals surface area contributed by atoms with Gasteiger partial charge in [-0.25, -0.2) is 13.1 Å². The van der Waals surface area contributed by atoms with Gasteiger partial charge in [0.25, 0.3) is 0 Å². The summed E-state index contributed by atoms with van der Waals surface area (Å²) in [5, 5.41) is 10.3. The molecule has 1 saturated carbocycles. The van der Waals surface area contributed by atoms with E-state index in [0.29, 0.717) is 12.8 Å². The van der Waals surface area contributed by atoms with Gasteiger partial charge in [-0.15, -0.1) is 0 Å². The molecule has 1 fully saturated rings. The van der Waals surface area contributed by atoms with Crippen LogP contribution in [-0.2, 0) is 10.0 Å². The molecule has 0 radical (unpaired) electrons. The molecule has 1 aliphatic carbocycles. The Labute approximate surface area is 72.3 Å². The normalized spacial score (nSPS) is 21.4. The summed E-state index contributed by atoms with van der Waals surface area (Å²) in [6, 6.07) is 0. The lowest BCUT2D eigenvalue weighted by molar-refractivity contribution is -0.0270. The Morgan fingerprint density at radius 2 is 2.17 bits per heavy atom. The zero-order valence-electron chi connectivity index (χ0n) is 6.78. The molecule has 1 rings (SSSR count). The number of rotatable bonds is 4. The molecule has 0 aliphatic heterocycles. The minimum atomic E-state index is -3.37. The highest BCUT2D eigenvalue weighted by atomic mass is 32.2. The second kappa shape index (κ2) is 3.16. The maximum absolute atomic E-state index is 10.8. The van der Waals surface area contributed by atoms with Gasteiger partial charge in [-0.1, -0.05) is 6.58 Å². The third kappa shape index (κ3) is 2.30. The highest BCUT2D eigenvalue weighted by Crippen LogP contribution is 2.30. The van der Waals surface area contributed by atoms with Crippen molar-refractivity contribution in [3.05, 3.63) is 12.0 Å². The Bertz CT molecular complexity index is 266. The van der Waals surface area contributed by atoms with Crippen molar-refractivity contribution in [2.24, 2.45) is 0 Å². The Balaban J connectivity index is 2.40. The maximum atomic E-state index is 10.8. The van der Waals surface area contributed by atoms with Crippen LogP contribution in [0.2, 0.25) is 0 Å². The van der Waals surface area contributed by atoms with Crippen molar-refractivity contribution in [1.82, 2.24) is 4.72 Å². The molecule has 0 atom stereocenters. The highest BCUT2D eigenvalue weighted by molar-refractivity contribution is 7.92. The molecule has 4 nitrogen and oxygen atoms in total. The predicted octanol–water partition coefficient (Wildman–Crippen LogP) is -0.0357. The van der Waals surface area contributed by atoms with E-state index in [-0.39, 0.29) is 6.54 Å². The van der Waals surface area contributed by atoms with E-state index in [1.54, 1.807) is 0 Å². The van der Waals surface area contributed by atoms with Crippen molar-refractivity contribution >= 4 is 10.0 Å². The maximum Gasteiger partial charge on any atom is 0.233 e. The summed E-state index contributed by atoms with van der Waals surface area (Å²) in [7, 11) is -3.37. The van der Waals surface area contributed by atoms with Crippen LogP contribution in [0, 0.1) is 0 Å². The van der Waals surface area contributed by atoms with Gasteiger partial charge >= 0.3 is 0 Å². The van der Waals surface area contributed by atoms with Gasteiger partial charge in [-0.3, -0.25) is 0 Å². The van der Waals surface area contributed by atoms with Crippen molar-refractivity contribution < 1.29 is 13.5 Å². The third-order valence-electron chi connectivity index (χ3n) is 2.11. The lowest BCUT2D eigenvalue weighted by Crippen LogP contribution is -2.47. The first-order valence-corrected chi connectivity index (χ1v) is 5.37. The van der Waals surface area contributed by atoms with Gasteiger partial charge in [-0.2, -0.15) is 0 Å². The number of nitrogens with one attached hydrogen (secondary N) is 1. The summed E-state index contributed by atoms with van der Waals surface area (Å²) in [6.07, 6.45) is 2.31. The molecule has 0 aromatic rings. The standard InChI is InChI=1S/C7H13NO3S/c1-2-12(10,11)8-6-7(9)4-3-5-7/h2,8-9H,1,3-6H2. The van der Waals surface area contributed by atoms with Crippen molar-refractivity contribution in [1.29, 1.82) is 0 Å². The molecular weight excluding hydrogens is 178 g/mol. The topological polar surface area (TPSA) is 66.4 Å². The number of sulfonamides is 1. The molecular formula is C7H13NO3S. The monoisotopic (exact) mass is 191 g/mol. The number of hydrogen-bond donors (Lipinski definition) is 2. The Morgan fingerprint density at radius 1 is 1.58 bits per heavy atom. The largest absolute Gasteiger partial charge is 0.389 e. The van der Waals surface area contributed by atoms with E-state index in [1.165, 1.54) is 0 Å².